The van der Waals surface area contributed by atoms with Gasteiger partial charge in [0.1, 0.15) is 0 Å². The largest absolute Gasteiger partial charge is 0.490 e. The van der Waals surface area contributed by atoms with Crippen LogP contribution in [0.3, 0.4) is 0 Å². The van der Waals surface area contributed by atoms with E-state index >= 15 is 0 Å². The van der Waals surface area contributed by atoms with Crippen molar-refractivity contribution < 1.29 is 29.0 Å². The smallest absolute Gasteiger partial charge is 0.341 e. The van der Waals surface area contributed by atoms with E-state index in [2.05, 4.69) is 10.6 Å². The Bertz CT molecular complexity index is 573. The van der Waals surface area contributed by atoms with Crippen molar-refractivity contribution >= 4 is 17.8 Å². The third-order valence-corrected chi connectivity index (χ3v) is 2.64. The summed E-state index contributed by atoms with van der Waals surface area (Å²) in [4.78, 5) is 33.3. The molecular weight excluding hydrogens is 304 g/mol. The van der Waals surface area contributed by atoms with Gasteiger partial charge in [0.05, 0.1) is 6.61 Å². The number of nitrogens with one attached hydrogen (secondary N) is 2. The zero-order chi connectivity index (χ0) is 17.2. The van der Waals surface area contributed by atoms with Crippen LogP contribution in [0.25, 0.3) is 0 Å². The van der Waals surface area contributed by atoms with E-state index in [1.807, 2.05) is 0 Å². The molecule has 0 aliphatic heterocycles. The minimum Gasteiger partial charge on any atom is -0.490 e. The summed E-state index contributed by atoms with van der Waals surface area (Å²) < 4.78 is 10.5. The van der Waals surface area contributed by atoms with Gasteiger partial charge in [0, 0.05) is 25.6 Å². The molecule has 2 amide bonds. The molecular formula is C15H20N2O6. The number of hydrogen-bond acceptors (Lipinski definition) is 5. The second-order valence-corrected chi connectivity index (χ2v) is 4.52. The van der Waals surface area contributed by atoms with Gasteiger partial charge in [0.25, 0.3) is 5.91 Å². The molecule has 126 valence electrons. The second-order valence-electron chi connectivity index (χ2n) is 4.52. The van der Waals surface area contributed by atoms with Crippen LogP contribution in [-0.4, -0.2) is 49.2 Å². The number of amides is 2. The van der Waals surface area contributed by atoms with Crippen molar-refractivity contribution in [1.82, 2.24) is 10.6 Å². The quantitative estimate of drug-likeness (QED) is 0.567. The highest BCUT2D eigenvalue weighted by Gasteiger charge is 2.12. The third-order valence-electron chi connectivity index (χ3n) is 2.64. The molecule has 0 atom stereocenters. The van der Waals surface area contributed by atoms with Crippen molar-refractivity contribution in [3.8, 4) is 11.5 Å². The number of aliphatic carboxylic acids is 1. The first-order valence-electron chi connectivity index (χ1n) is 7.08. The molecule has 23 heavy (non-hydrogen) atoms. The van der Waals surface area contributed by atoms with E-state index in [4.69, 9.17) is 14.6 Å². The Kier molecular flexibility index (Phi) is 7.38. The summed E-state index contributed by atoms with van der Waals surface area (Å²) in [7, 11) is 0. The summed E-state index contributed by atoms with van der Waals surface area (Å²) in [6.07, 6.45) is 0. The van der Waals surface area contributed by atoms with Gasteiger partial charge in [-0.15, -0.1) is 0 Å². The lowest BCUT2D eigenvalue weighted by atomic mass is 10.2. The van der Waals surface area contributed by atoms with Crippen molar-refractivity contribution in [2.24, 2.45) is 0 Å². The Morgan fingerprint density at radius 3 is 2.39 bits per heavy atom. The minimum absolute atomic E-state index is 0.169. The van der Waals surface area contributed by atoms with E-state index < -0.39 is 12.6 Å². The van der Waals surface area contributed by atoms with E-state index in [9.17, 15) is 14.4 Å². The van der Waals surface area contributed by atoms with E-state index in [0.29, 0.717) is 31.0 Å². The van der Waals surface area contributed by atoms with Crippen molar-refractivity contribution in [1.29, 1.82) is 0 Å². The molecule has 3 N–H and O–H groups in total. The molecule has 1 aromatic rings. The highest BCUT2D eigenvalue weighted by Crippen LogP contribution is 2.28. The van der Waals surface area contributed by atoms with Crippen LogP contribution < -0.4 is 20.1 Å². The molecule has 0 aliphatic carbocycles. The summed E-state index contributed by atoms with van der Waals surface area (Å²) in [6, 6.07) is 4.47. The van der Waals surface area contributed by atoms with E-state index in [1.165, 1.54) is 25.1 Å². The zero-order valence-corrected chi connectivity index (χ0v) is 13.0. The molecule has 0 spiro atoms. The number of rotatable bonds is 9. The van der Waals surface area contributed by atoms with E-state index in [1.54, 1.807) is 6.92 Å². The fourth-order valence-electron chi connectivity index (χ4n) is 1.69. The Morgan fingerprint density at radius 2 is 1.78 bits per heavy atom. The highest BCUT2D eigenvalue weighted by atomic mass is 16.5. The first-order chi connectivity index (χ1) is 10.9. The van der Waals surface area contributed by atoms with Gasteiger partial charge in [0.2, 0.25) is 5.91 Å². The van der Waals surface area contributed by atoms with E-state index in [-0.39, 0.29) is 17.6 Å². The van der Waals surface area contributed by atoms with Crippen molar-refractivity contribution in [3.05, 3.63) is 23.8 Å². The Hall–Kier alpha value is -2.77. The third kappa shape index (κ3) is 6.68. The van der Waals surface area contributed by atoms with Crippen LogP contribution in [0.4, 0.5) is 0 Å². The van der Waals surface area contributed by atoms with Crippen LogP contribution in [0.15, 0.2) is 18.2 Å². The standard InChI is InChI=1S/C15H20N2O6/c1-3-22-13-8-11(4-5-12(13)23-9-14(19)20)15(21)17-7-6-16-10(2)18/h4-5,8H,3,6-7,9H2,1-2H3,(H,16,18)(H,17,21)(H,19,20). The fraction of sp³-hybridized carbons (Fsp3) is 0.400. The summed E-state index contributed by atoms with van der Waals surface area (Å²) in [5.41, 5.74) is 0.346. The van der Waals surface area contributed by atoms with Crippen LogP contribution in [-0.2, 0) is 9.59 Å². The van der Waals surface area contributed by atoms with Crippen molar-refractivity contribution in [3.63, 3.8) is 0 Å². The molecule has 8 nitrogen and oxygen atoms in total. The predicted octanol–water partition coefficient (Wildman–Crippen LogP) is 0.415. The topological polar surface area (TPSA) is 114 Å². The average Bonchev–Trinajstić information content (AvgIpc) is 2.50. The van der Waals surface area contributed by atoms with Crippen LogP contribution >= 0.6 is 0 Å². The number of carboxylic acids is 1. The lowest BCUT2D eigenvalue weighted by Crippen LogP contribution is -2.33. The maximum Gasteiger partial charge on any atom is 0.341 e. The molecule has 0 saturated carbocycles. The first-order valence-corrected chi connectivity index (χ1v) is 7.08. The molecule has 0 unspecified atom stereocenters. The number of ether oxygens (including phenoxy) is 2. The molecule has 0 aliphatic rings. The van der Waals surface area contributed by atoms with Gasteiger partial charge in [-0.1, -0.05) is 0 Å². The molecule has 1 rings (SSSR count). The van der Waals surface area contributed by atoms with Gasteiger partial charge in [-0.3, -0.25) is 9.59 Å². The summed E-state index contributed by atoms with van der Waals surface area (Å²) >= 11 is 0. The monoisotopic (exact) mass is 324 g/mol. The highest BCUT2D eigenvalue weighted by molar-refractivity contribution is 5.94. The Balaban J connectivity index is 2.71. The molecule has 0 heterocycles. The van der Waals surface area contributed by atoms with Gasteiger partial charge in [0.15, 0.2) is 18.1 Å². The maximum absolute atomic E-state index is 12.0. The fourth-order valence-corrected chi connectivity index (χ4v) is 1.69. The van der Waals surface area contributed by atoms with Gasteiger partial charge < -0.3 is 25.2 Å². The molecule has 1 aromatic carbocycles. The first kappa shape index (κ1) is 18.3. The Labute approximate surface area is 133 Å². The molecule has 0 bridgehead atoms. The lowest BCUT2D eigenvalue weighted by Gasteiger charge is -2.12. The van der Waals surface area contributed by atoms with Gasteiger partial charge in [-0.05, 0) is 25.1 Å². The maximum atomic E-state index is 12.0. The van der Waals surface area contributed by atoms with Crippen LogP contribution in [0.1, 0.15) is 24.2 Å². The van der Waals surface area contributed by atoms with Gasteiger partial charge in [-0.2, -0.15) is 0 Å². The molecule has 8 heteroatoms. The summed E-state index contributed by atoms with van der Waals surface area (Å²) in [5, 5.41) is 13.9. The van der Waals surface area contributed by atoms with Crippen LogP contribution in [0, 0.1) is 0 Å². The molecule has 0 fully saturated rings. The van der Waals surface area contributed by atoms with E-state index in [0.717, 1.165) is 0 Å². The average molecular weight is 324 g/mol. The zero-order valence-electron chi connectivity index (χ0n) is 13.0. The number of carboxylic acid groups (broad SMARTS) is 1. The van der Waals surface area contributed by atoms with Crippen molar-refractivity contribution in [2.75, 3.05) is 26.3 Å². The summed E-state index contributed by atoms with van der Waals surface area (Å²) in [6.45, 7) is 3.63. The number of hydrogen-bond donors (Lipinski definition) is 3. The molecule has 0 radical (unpaired) electrons. The van der Waals surface area contributed by atoms with Gasteiger partial charge in [-0.25, -0.2) is 4.79 Å². The predicted molar refractivity (Wildman–Crippen MR) is 81.8 cm³/mol. The van der Waals surface area contributed by atoms with Crippen LogP contribution in [0.2, 0.25) is 0 Å². The molecule has 0 aromatic heterocycles. The molecule has 0 saturated heterocycles. The lowest BCUT2D eigenvalue weighted by molar-refractivity contribution is -0.139. The number of benzene rings is 1. The SMILES string of the molecule is CCOc1cc(C(=O)NCCNC(C)=O)ccc1OCC(=O)O. The Morgan fingerprint density at radius 1 is 1.09 bits per heavy atom. The summed E-state index contributed by atoms with van der Waals surface area (Å²) in [5.74, 6) is -1.06. The van der Waals surface area contributed by atoms with Crippen molar-refractivity contribution in [2.45, 2.75) is 13.8 Å². The minimum atomic E-state index is -1.10. The number of carbonyl (C=O) groups is 3. The normalized spacial score (nSPS) is 9.83. The number of carbonyl (C=O) groups excluding carboxylic acids is 2. The van der Waals surface area contributed by atoms with Crippen LogP contribution in [0.5, 0.6) is 11.5 Å². The van der Waals surface area contributed by atoms with Gasteiger partial charge >= 0.3 is 5.97 Å². The second kappa shape index (κ2) is 9.29.